The summed E-state index contributed by atoms with van der Waals surface area (Å²) in [5.41, 5.74) is 4.52. The van der Waals surface area contributed by atoms with Crippen molar-refractivity contribution in [2.45, 2.75) is 0 Å². The van der Waals surface area contributed by atoms with Crippen molar-refractivity contribution in [2.75, 3.05) is 0 Å². The highest BCUT2D eigenvalue weighted by Gasteiger charge is 2.10. The normalized spacial score (nSPS) is 10.9. The zero-order chi connectivity index (χ0) is 14.1. The Balaban J connectivity index is 2.02. The van der Waals surface area contributed by atoms with Crippen LogP contribution in [0.4, 0.5) is 0 Å². The van der Waals surface area contributed by atoms with Crippen LogP contribution < -0.4 is 4.57 Å². The number of aromatic nitrogens is 2. The molecule has 3 aromatic carbocycles. The van der Waals surface area contributed by atoms with Gasteiger partial charge in [0.25, 0.3) is 6.33 Å². The van der Waals surface area contributed by atoms with Gasteiger partial charge in [0.15, 0.2) is 0 Å². The van der Waals surface area contributed by atoms with Gasteiger partial charge in [-0.1, -0.05) is 60.7 Å². The summed E-state index contributed by atoms with van der Waals surface area (Å²) in [4.78, 5) is 0. The topological polar surface area (TPSA) is 8.81 Å². The van der Waals surface area contributed by atoms with Crippen molar-refractivity contribution in [3.8, 4) is 11.4 Å². The van der Waals surface area contributed by atoms with Gasteiger partial charge in [0, 0.05) is 0 Å². The molecule has 0 saturated heterocycles. The van der Waals surface area contributed by atoms with Gasteiger partial charge < -0.3 is 0 Å². The van der Waals surface area contributed by atoms with E-state index in [1.54, 1.807) is 0 Å². The quantitative estimate of drug-likeness (QED) is 0.388. The first-order chi connectivity index (χ1) is 10.4. The van der Waals surface area contributed by atoms with Gasteiger partial charge in [-0.05, 0) is 24.3 Å². The van der Waals surface area contributed by atoms with Crippen LogP contribution in [-0.4, -0.2) is 4.57 Å². The predicted octanol–water partition coefficient (Wildman–Crippen LogP) is 3.71. The Hall–Kier alpha value is -2.87. The highest BCUT2D eigenvalue weighted by Crippen LogP contribution is 2.17. The van der Waals surface area contributed by atoms with E-state index < -0.39 is 0 Å². The molecular formula is C19H14N2. The smallest absolute Gasteiger partial charge is 0.269 e. The molecule has 0 saturated carbocycles. The van der Waals surface area contributed by atoms with Crippen molar-refractivity contribution in [1.29, 1.82) is 0 Å². The average molecular weight is 270 g/mol. The Morgan fingerprint density at radius 1 is 0.667 bits per heavy atom. The number of hydrogen-bond acceptors (Lipinski definition) is 0. The third-order valence-electron chi connectivity index (χ3n) is 3.59. The number of rotatable bonds is 2. The maximum atomic E-state index is 3.46. The molecule has 1 aromatic heterocycles. The van der Waals surface area contributed by atoms with Crippen LogP contribution in [0.15, 0.2) is 84.9 Å². The highest BCUT2D eigenvalue weighted by molar-refractivity contribution is 5.74. The highest BCUT2D eigenvalue weighted by atomic mass is 15.1. The summed E-state index contributed by atoms with van der Waals surface area (Å²) in [5.74, 6) is 0. The minimum absolute atomic E-state index is 1.11. The molecule has 100 valence electrons. The maximum absolute atomic E-state index is 3.46. The third kappa shape index (κ3) is 2.01. The maximum Gasteiger partial charge on any atom is 0.269 e. The Labute approximate surface area is 123 Å². The van der Waals surface area contributed by atoms with Gasteiger partial charge in [-0.15, -0.1) is 0 Å². The fraction of sp³-hybridized carbons (Fsp3) is 0. The standard InChI is InChI=1S/C19H14N2/c1-3-9-16(10-4-1)20-15-21(17-11-5-2-6-12-17)19-14-8-7-13-18(19)20/h1-14H. The van der Waals surface area contributed by atoms with Gasteiger partial charge in [0.05, 0.1) is 22.4 Å². The lowest BCUT2D eigenvalue weighted by molar-refractivity contribution is -0.572. The second-order valence-electron chi connectivity index (χ2n) is 4.93. The molecule has 21 heavy (non-hydrogen) atoms. The number of nitrogens with zero attached hydrogens (tertiary/aromatic N) is 2. The molecule has 0 fully saturated rings. The summed E-state index contributed by atoms with van der Waals surface area (Å²) in [5, 5.41) is 0. The number of benzene rings is 3. The van der Waals surface area contributed by atoms with Crippen LogP contribution in [0.5, 0.6) is 0 Å². The molecule has 0 amide bonds. The molecule has 0 aliphatic carbocycles. The largest absolute Gasteiger partial charge is 0.292 e. The molecule has 2 nitrogen and oxygen atoms in total. The van der Waals surface area contributed by atoms with Crippen molar-refractivity contribution in [3.05, 3.63) is 91.3 Å². The van der Waals surface area contributed by atoms with E-state index in [9.17, 15) is 0 Å². The summed E-state index contributed by atoms with van der Waals surface area (Å²) in [6, 6.07) is 29.0. The third-order valence-corrected chi connectivity index (χ3v) is 3.59. The van der Waals surface area contributed by atoms with E-state index >= 15 is 0 Å². The van der Waals surface area contributed by atoms with Crippen LogP contribution in [0.1, 0.15) is 0 Å². The first-order valence-corrected chi connectivity index (χ1v) is 6.99. The summed E-state index contributed by atoms with van der Waals surface area (Å²) in [7, 11) is 0. The van der Waals surface area contributed by atoms with Crippen LogP contribution in [-0.2, 0) is 0 Å². The van der Waals surface area contributed by atoms with Crippen LogP contribution in [0.3, 0.4) is 0 Å². The van der Waals surface area contributed by atoms with Gasteiger partial charge in [-0.3, -0.25) is 9.13 Å². The van der Waals surface area contributed by atoms with Crippen molar-refractivity contribution in [1.82, 2.24) is 4.57 Å². The molecule has 0 bridgehead atoms. The molecule has 0 unspecified atom stereocenters. The van der Waals surface area contributed by atoms with E-state index in [0.717, 1.165) is 22.4 Å². The lowest BCUT2D eigenvalue weighted by atomic mass is 10.2. The molecule has 0 aliphatic heterocycles. The second kappa shape index (κ2) is 4.91. The van der Waals surface area contributed by atoms with Gasteiger partial charge >= 0.3 is 0 Å². The fourth-order valence-corrected chi connectivity index (χ4v) is 2.60. The molecule has 0 spiro atoms. The molecule has 2 heteroatoms. The molecule has 4 aromatic rings. The zero-order valence-corrected chi connectivity index (χ0v) is 11.5. The van der Waals surface area contributed by atoms with Crippen molar-refractivity contribution < 1.29 is 4.57 Å². The number of fused-ring (bicyclic) bond motifs is 1. The number of hydrogen-bond donors (Lipinski definition) is 0. The van der Waals surface area contributed by atoms with E-state index in [4.69, 9.17) is 0 Å². The lowest BCUT2D eigenvalue weighted by Gasteiger charge is -2.01. The minimum Gasteiger partial charge on any atom is -0.292 e. The number of imidazole rings is 1. The fourth-order valence-electron chi connectivity index (χ4n) is 2.60. The lowest BCUT2D eigenvalue weighted by Crippen LogP contribution is -2.29. The molecule has 0 radical (unpaired) electrons. The molecule has 0 N–H and O–H groups in total. The van der Waals surface area contributed by atoms with Gasteiger partial charge in [0.1, 0.15) is 0 Å². The number of para-hydroxylation sites is 4. The summed E-state index contributed by atoms with van der Waals surface area (Å²) in [6.07, 6.45) is 3.46. The summed E-state index contributed by atoms with van der Waals surface area (Å²) < 4.78 is 4.20. The average Bonchev–Trinajstić information content (AvgIpc) is 2.96. The van der Waals surface area contributed by atoms with Crippen LogP contribution in [0.25, 0.3) is 22.4 Å². The SMILES string of the molecule is [c-]1n(-c2ccccc2)c2ccccc2[n+]1-c1ccccc1. The summed E-state index contributed by atoms with van der Waals surface area (Å²) in [6.45, 7) is 0. The van der Waals surface area contributed by atoms with Crippen LogP contribution >= 0.6 is 0 Å². The van der Waals surface area contributed by atoms with Gasteiger partial charge in [-0.2, -0.15) is 0 Å². The van der Waals surface area contributed by atoms with Crippen LogP contribution in [0.2, 0.25) is 0 Å². The molecule has 0 aliphatic rings. The predicted molar refractivity (Wildman–Crippen MR) is 83.6 cm³/mol. The van der Waals surface area contributed by atoms with E-state index in [0.29, 0.717) is 0 Å². The first-order valence-electron chi connectivity index (χ1n) is 6.99. The summed E-state index contributed by atoms with van der Waals surface area (Å²) >= 11 is 0. The molecular weight excluding hydrogens is 256 g/mol. The van der Waals surface area contributed by atoms with Gasteiger partial charge in [0.2, 0.25) is 0 Å². The van der Waals surface area contributed by atoms with Crippen molar-refractivity contribution in [3.63, 3.8) is 0 Å². The molecule has 0 atom stereocenters. The van der Waals surface area contributed by atoms with Crippen LogP contribution in [0, 0.1) is 6.33 Å². The first kappa shape index (κ1) is 11.9. The Morgan fingerprint density at radius 3 is 2.05 bits per heavy atom. The minimum atomic E-state index is 1.11. The molecule has 4 rings (SSSR count). The Kier molecular flexibility index (Phi) is 2.79. The molecule has 1 heterocycles. The van der Waals surface area contributed by atoms with E-state index in [1.165, 1.54) is 0 Å². The van der Waals surface area contributed by atoms with Gasteiger partial charge in [-0.25, -0.2) is 0 Å². The Bertz CT molecular complexity index is 804. The van der Waals surface area contributed by atoms with E-state index in [1.807, 2.05) is 36.4 Å². The zero-order valence-electron chi connectivity index (χ0n) is 11.5. The van der Waals surface area contributed by atoms with E-state index in [-0.39, 0.29) is 0 Å². The van der Waals surface area contributed by atoms with Crippen molar-refractivity contribution >= 4 is 11.0 Å². The van der Waals surface area contributed by atoms with Crippen molar-refractivity contribution in [2.24, 2.45) is 0 Å². The second-order valence-corrected chi connectivity index (χ2v) is 4.93. The Morgan fingerprint density at radius 2 is 1.29 bits per heavy atom. The monoisotopic (exact) mass is 270 g/mol. The van der Waals surface area contributed by atoms with E-state index in [2.05, 4.69) is 64.0 Å².